The van der Waals surface area contributed by atoms with Gasteiger partial charge in [0.05, 0.1) is 0 Å². The van der Waals surface area contributed by atoms with E-state index in [1.54, 1.807) is 11.4 Å². The van der Waals surface area contributed by atoms with Gasteiger partial charge < -0.3 is 5.32 Å². The molecule has 1 heterocycles. The second-order valence-corrected chi connectivity index (χ2v) is 6.53. The molecular weight excluding hydrogens is 238 g/mol. The fourth-order valence-electron chi connectivity index (χ4n) is 2.01. The van der Waals surface area contributed by atoms with E-state index >= 15 is 0 Å². The number of rotatable bonds is 7. The summed E-state index contributed by atoms with van der Waals surface area (Å²) in [4.78, 5) is 0. The van der Waals surface area contributed by atoms with Gasteiger partial charge in [0.15, 0.2) is 0 Å². The molecule has 0 aromatic rings. The number of hydrogen-bond acceptors (Lipinski definition) is 3. The minimum absolute atomic E-state index is 0.589. The monoisotopic (exact) mass is 263 g/mol. The topological polar surface area (TPSA) is 52.7 Å². The number of nitrogens with zero attached hydrogens (tertiary/aromatic N) is 2. The van der Waals surface area contributed by atoms with Crippen molar-refractivity contribution < 1.29 is 8.42 Å². The molecule has 1 aliphatic heterocycles. The first kappa shape index (κ1) is 14.9. The summed E-state index contributed by atoms with van der Waals surface area (Å²) < 4.78 is 27.5. The first-order valence-electron chi connectivity index (χ1n) is 6.51. The molecular formula is C11H25N3O2S. The van der Waals surface area contributed by atoms with Crippen LogP contribution in [0.4, 0.5) is 0 Å². The van der Waals surface area contributed by atoms with Crippen molar-refractivity contribution in [1.29, 1.82) is 0 Å². The third kappa shape index (κ3) is 4.54. The lowest BCUT2D eigenvalue weighted by molar-refractivity contribution is 0.314. The van der Waals surface area contributed by atoms with Gasteiger partial charge in [0, 0.05) is 26.7 Å². The molecule has 1 saturated heterocycles. The fourth-order valence-corrected chi connectivity index (χ4v) is 3.49. The van der Waals surface area contributed by atoms with Crippen LogP contribution in [0.25, 0.3) is 0 Å². The second kappa shape index (κ2) is 7.31. The van der Waals surface area contributed by atoms with E-state index in [0.29, 0.717) is 19.6 Å². The first-order valence-corrected chi connectivity index (χ1v) is 7.91. The van der Waals surface area contributed by atoms with Crippen molar-refractivity contribution in [3.63, 3.8) is 0 Å². The lowest BCUT2D eigenvalue weighted by Gasteiger charge is -2.30. The summed E-state index contributed by atoms with van der Waals surface area (Å²) >= 11 is 0. The molecule has 1 N–H and O–H groups in total. The Morgan fingerprint density at radius 3 is 2.47 bits per heavy atom. The van der Waals surface area contributed by atoms with Crippen LogP contribution in [0.3, 0.4) is 0 Å². The van der Waals surface area contributed by atoms with Crippen LogP contribution in [0.2, 0.25) is 0 Å². The molecule has 0 unspecified atom stereocenters. The molecule has 0 atom stereocenters. The Kier molecular flexibility index (Phi) is 6.40. The lowest BCUT2D eigenvalue weighted by Crippen LogP contribution is -2.44. The van der Waals surface area contributed by atoms with E-state index in [1.807, 2.05) is 6.92 Å². The SMILES string of the molecule is CCNCCCN(C)S(=O)(=O)N1CCCCC1. The molecule has 0 aromatic heterocycles. The van der Waals surface area contributed by atoms with Gasteiger partial charge >= 0.3 is 0 Å². The first-order chi connectivity index (χ1) is 8.09. The van der Waals surface area contributed by atoms with Gasteiger partial charge in [-0.2, -0.15) is 17.0 Å². The minimum atomic E-state index is -3.21. The largest absolute Gasteiger partial charge is 0.317 e. The summed E-state index contributed by atoms with van der Waals surface area (Å²) in [5.41, 5.74) is 0. The standard InChI is InChI=1S/C11H25N3O2S/c1-3-12-8-7-9-13(2)17(15,16)14-10-5-4-6-11-14/h12H,3-11H2,1-2H3. The van der Waals surface area contributed by atoms with E-state index in [0.717, 1.165) is 38.8 Å². The van der Waals surface area contributed by atoms with Crippen molar-refractivity contribution in [2.45, 2.75) is 32.6 Å². The molecule has 0 radical (unpaired) electrons. The van der Waals surface area contributed by atoms with Gasteiger partial charge in [0.2, 0.25) is 0 Å². The maximum atomic E-state index is 12.2. The van der Waals surface area contributed by atoms with Crippen molar-refractivity contribution in [3.05, 3.63) is 0 Å². The summed E-state index contributed by atoms with van der Waals surface area (Å²) in [5.74, 6) is 0. The minimum Gasteiger partial charge on any atom is -0.317 e. The summed E-state index contributed by atoms with van der Waals surface area (Å²) in [6.07, 6.45) is 3.99. The van der Waals surface area contributed by atoms with Crippen molar-refractivity contribution in [1.82, 2.24) is 13.9 Å². The van der Waals surface area contributed by atoms with Gasteiger partial charge in [0.25, 0.3) is 10.2 Å². The van der Waals surface area contributed by atoms with E-state index in [4.69, 9.17) is 0 Å². The molecule has 6 heteroatoms. The highest BCUT2D eigenvalue weighted by Crippen LogP contribution is 2.15. The van der Waals surface area contributed by atoms with E-state index in [-0.39, 0.29) is 0 Å². The third-order valence-electron chi connectivity index (χ3n) is 3.11. The molecule has 1 fully saturated rings. The highest BCUT2D eigenvalue weighted by Gasteiger charge is 2.27. The smallest absolute Gasteiger partial charge is 0.281 e. The normalized spacial score (nSPS) is 18.8. The lowest BCUT2D eigenvalue weighted by atomic mass is 10.2. The van der Waals surface area contributed by atoms with Crippen LogP contribution in [0, 0.1) is 0 Å². The van der Waals surface area contributed by atoms with Crippen LogP contribution < -0.4 is 5.32 Å². The average Bonchev–Trinajstić information content (AvgIpc) is 2.35. The summed E-state index contributed by atoms with van der Waals surface area (Å²) in [6.45, 7) is 5.80. The van der Waals surface area contributed by atoms with Gasteiger partial charge in [-0.25, -0.2) is 0 Å². The molecule has 1 aliphatic rings. The van der Waals surface area contributed by atoms with Crippen LogP contribution >= 0.6 is 0 Å². The van der Waals surface area contributed by atoms with Crippen LogP contribution in [-0.2, 0) is 10.2 Å². The Balaban J connectivity index is 2.39. The predicted molar refractivity (Wildman–Crippen MR) is 70.1 cm³/mol. The molecule has 0 aliphatic carbocycles. The summed E-state index contributed by atoms with van der Waals surface area (Å²) in [5, 5.41) is 3.20. The van der Waals surface area contributed by atoms with E-state index < -0.39 is 10.2 Å². The quantitative estimate of drug-likeness (QED) is 0.686. The molecule has 0 bridgehead atoms. The van der Waals surface area contributed by atoms with Crippen LogP contribution in [0.5, 0.6) is 0 Å². The fraction of sp³-hybridized carbons (Fsp3) is 1.00. The molecule has 0 saturated carbocycles. The molecule has 17 heavy (non-hydrogen) atoms. The van der Waals surface area contributed by atoms with Crippen LogP contribution in [0.15, 0.2) is 0 Å². The zero-order valence-electron chi connectivity index (χ0n) is 11.0. The maximum absolute atomic E-state index is 12.2. The van der Waals surface area contributed by atoms with Crippen molar-refractivity contribution >= 4 is 10.2 Å². The Hall–Kier alpha value is -0.170. The van der Waals surface area contributed by atoms with E-state index in [2.05, 4.69) is 5.32 Å². The van der Waals surface area contributed by atoms with Gasteiger partial charge in [0.1, 0.15) is 0 Å². The highest BCUT2D eigenvalue weighted by molar-refractivity contribution is 7.86. The number of piperidine rings is 1. The molecule has 0 aromatic carbocycles. The van der Waals surface area contributed by atoms with Gasteiger partial charge in [-0.05, 0) is 32.4 Å². The number of nitrogens with one attached hydrogen (secondary N) is 1. The Morgan fingerprint density at radius 2 is 1.88 bits per heavy atom. The zero-order chi connectivity index (χ0) is 12.7. The molecule has 0 spiro atoms. The van der Waals surface area contributed by atoms with Crippen molar-refractivity contribution in [3.8, 4) is 0 Å². The third-order valence-corrected chi connectivity index (χ3v) is 5.10. The maximum Gasteiger partial charge on any atom is 0.281 e. The van der Waals surface area contributed by atoms with Gasteiger partial charge in [-0.1, -0.05) is 13.3 Å². The van der Waals surface area contributed by atoms with Gasteiger partial charge in [-0.15, -0.1) is 0 Å². The zero-order valence-corrected chi connectivity index (χ0v) is 11.8. The second-order valence-electron chi connectivity index (χ2n) is 4.50. The molecule has 1 rings (SSSR count). The Bertz CT molecular complexity index is 300. The molecule has 102 valence electrons. The highest BCUT2D eigenvalue weighted by atomic mass is 32.2. The van der Waals surface area contributed by atoms with Crippen molar-refractivity contribution in [2.75, 3.05) is 39.8 Å². The number of hydrogen-bond donors (Lipinski definition) is 1. The summed E-state index contributed by atoms with van der Waals surface area (Å²) in [7, 11) is -1.53. The van der Waals surface area contributed by atoms with Crippen molar-refractivity contribution in [2.24, 2.45) is 0 Å². The van der Waals surface area contributed by atoms with E-state index in [1.165, 1.54) is 4.31 Å². The summed E-state index contributed by atoms with van der Waals surface area (Å²) in [6, 6.07) is 0. The Labute approximate surface area is 105 Å². The van der Waals surface area contributed by atoms with Gasteiger partial charge in [-0.3, -0.25) is 0 Å². The Morgan fingerprint density at radius 1 is 1.24 bits per heavy atom. The van der Waals surface area contributed by atoms with Crippen LogP contribution in [0.1, 0.15) is 32.6 Å². The van der Waals surface area contributed by atoms with Crippen LogP contribution in [-0.4, -0.2) is 56.8 Å². The average molecular weight is 263 g/mol. The molecule has 0 amide bonds. The van der Waals surface area contributed by atoms with E-state index in [9.17, 15) is 8.42 Å². The predicted octanol–water partition coefficient (Wildman–Crippen LogP) is 0.649. The molecule has 5 nitrogen and oxygen atoms in total.